The molecule has 1 saturated carbocycles. The van der Waals surface area contributed by atoms with Crippen LogP contribution < -0.4 is 15.4 Å². The number of likely N-dealkylation sites (tertiary alicyclic amines) is 1. The highest BCUT2D eigenvalue weighted by atomic mass is 16.5. The summed E-state index contributed by atoms with van der Waals surface area (Å²) in [5.74, 6) is 2.24. The molecule has 1 heterocycles. The number of ether oxygens (including phenoxy) is 1. The fourth-order valence-electron chi connectivity index (χ4n) is 3.80. The molecule has 0 spiro atoms. The van der Waals surface area contributed by atoms with E-state index in [1.807, 2.05) is 12.1 Å². The van der Waals surface area contributed by atoms with E-state index < -0.39 is 0 Å². The summed E-state index contributed by atoms with van der Waals surface area (Å²) in [6.07, 6.45) is 3.55. The molecule has 2 unspecified atom stereocenters. The summed E-state index contributed by atoms with van der Waals surface area (Å²) in [5, 5.41) is 5.90. The third-order valence-electron chi connectivity index (χ3n) is 5.96. The van der Waals surface area contributed by atoms with Crippen molar-refractivity contribution in [2.45, 2.75) is 39.2 Å². The summed E-state index contributed by atoms with van der Waals surface area (Å²) in [6.45, 7) is 6.34. The lowest BCUT2D eigenvalue weighted by molar-refractivity contribution is -0.123. The summed E-state index contributed by atoms with van der Waals surface area (Å²) in [6, 6.07) is 8.25. The number of hydrogen-bond acceptors (Lipinski definition) is 4. The van der Waals surface area contributed by atoms with Crippen molar-refractivity contribution in [1.29, 1.82) is 0 Å². The van der Waals surface area contributed by atoms with Crippen LogP contribution in [0.3, 0.4) is 0 Å². The molecule has 1 aliphatic heterocycles. The molecular weight excluding hydrogens is 354 g/mol. The average molecular weight is 388 g/mol. The molecule has 1 aromatic carbocycles. The van der Waals surface area contributed by atoms with Gasteiger partial charge in [-0.15, -0.1) is 0 Å². The molecule has 6 heteroatoms. The number of amides is 2. The van der Waals surface area contributed by atoms with Gasteiger partial charge in [0.15, 0.2) is 0 Å². The Bertz CT molecular complexity index is 653. The van der Waals surface area contributed by atoms with E-state index in [4.69, 9.17) is 4.74 Å². The smallest absolute Gasteiger partial charge is 0.223 e. The van der Waals surface area contributed by atoms with Gasteiger partial charge in [-0.3, -0.25) is 14.5 Å². The average Bonchev–Trinajstić information content (AvgIpc) is 3.45. The largest absolute Gasteiger partial charge is 0.497 e. The molecule has 28 heavy (non-hydrogen) atoms. The lowest BCUT2D eigenvalue weighted by atomic mass is 9.96. The fraction of sp³-hybridized carbons (Fsp3) is 0.636. The topological polar surface area (TPSA) is 70.7 Å². The zero-order valence-corrected chi connectivity index (χ0v) is 17.1. The predicted octanol–water partition coefficient (Wildman–Crippen LogP) is 2.19. The first-order valence-electron chi connectivity index (χ1n) is 10.4. The summed E-state index contributed by atoms with van der Waals surface area (Å²) < 4.78 is 5.20. The Labute approximate surface area is 168 Å². The minimum Gasteiger partial charge on any atom is -0.497 e. The highest BCUT2D eigenvalue weighted by Crippen LogP contribution is 2.37. The minimum atomic E-state index is 0.0322. The van der Waals surface area contributed by atoms with Crippen molar-refractivity contribution < 1.29 is 14.3 Å². The van der Waals surface area contributed by atoms with Crippen molar-refractivity contribution in [3.8, 4) is 5.75 Å². The predicted molar refractivity (Wildman–Crippen MR) is 109 cm³/mol. The molecule has 2 atom stereocenters. The zero-order chi connectivity index (χ0) is 19.9. The second kappa shape index (κ2) is 9.92. The second-order valence-electron chi connectivity index (χ2n) is 8.23. The Morgan fingerprint density at radius 2 is 1.82 bits per heavy atom. The fourth-order valence-corrected chi connectivity index (χ4v) is 3.80. The van der Waals surface area contributed by atoms with Crippen molar-refractivity contribution in [3.63, 3.8) is 0 Å². The second-order valence-corrected chi connectivity index (χ2v) is 8.23. The molecule has 6 nitrogen and oxygen atoms in total. The quantitative estimate of drug-likeness (QED) is 0.681. The van der Waals surface area contributed by atoms with Crippen LogP contribution in [-0.2, 0) is 16.1 Å². The van der Waals surface area contributed by atoms with Crippen molar-refractivity contribution in [2.75, 3.05) is 33.3 Å². The van der Waals surface area contributed by atoms with Gasteiger partial charge in [0.25, 0.3) is 0 Å². The van der Waals surface area contributed by atoms with Gasteiger partial charge in [-0.1, -0.05) is 19.1 Å². The van der Waals surface area contributed by atoms with Gasteiger partial charge in [0.1, 0.15) is 5.75 Å². The van der Waals surface area contributed by atoms with E-state index in [2.05, 4.69) is 34.6 Å². The third-order valence-corrected chi connectivity index (χ3v) is 5.96. The summed E-state index contributed by atoms with van der Waals surface area (Å²) in [4.78, 5) is 26.2. The maximum Gasteiger partial charge on any atom is 0.223 e. The summed E-state index contributed by atoms with van der Waals surface area (Å²) >= 11 is 0. The number of piperidine rings is 1. The van der Waals surface area contributed by atoms with Crippen LogP contribution in [-0.4, -0.2) is 50.0 Å². The number of nitrogens with one attached hydrogen (secondary N) is 2. The van der Waals surface area contributed by atoms with Crippen LogP contribution in [0.15, 0.2) is 24.3 Å². The highest BCUT2D eigenvalue weighted by molar-refractivity contribution is 5.82. The first-order chi connectivity index (χ1) is 13.5. The van der Waals surface area contributed by atoms with E-state index in [-0.39, 0.29) is 17.7 Å². The maximum atomic E-state index is 12.0. The van der Waals surface area contributed by atoms with Crippen molar-refractivity contribution in [1.82, 2.24) is 15.5 Å². The summed E-state index contributed by atoms with van der Waals surface area (Å²) in [5.41, 5.74) is 1.30. The Kier molecular flexibility index (Phi) is 7.31. The minimum absolute atomic E-state index is 0.0322. The van der Waals surface area contributed by atoms with Gasteiger partial charge in [0.05, 0.1) is 7.11 Å². The van der Waals surface area contributed by atoms with Gasteiger partial charge in [0.2, 0.25) is 11.8 Å². The van der Waals surface area contributed by atoms with Gasteiger partial charge in [-0.25, -0.2) is 0 Å². The summed E-state index contributed by atoms with van der Waals surface area (Å²) in [7, 11) is 1.68. The molecule has 0 bridgehead atoms. The van der Waals surface area contributed by atoms with Crippen LogP contribution in [0, 0.1) is 17.8 Å². The molecule has 2 N–H and O–H groups in total. The molecule has 1 saturated heterocycles. The van der Waals surface area contributed by atoms with Gasteiger partial charge in [-0.05, 0) is 61.9 Å². The molecular formula is C22H33N3O3. The van der Waals surface area contributed by atoms with E-state index in [9.17, 15) is 9.59 Å². The van der Waals surface area contributed by atoms with E-state index in [0.717, 1.165) is 51.2 Å². The van der Waals surface area contributed by atoms with Gasteiger partial charge < -0.3 is 15.4 Å². The first-order valence-corrected chi connectivity index (χ1v) is 10.4. The van der Waals surface area contributed by atoms with Crippen molar-refractivity contribution in [2.24, 2.45) is 17.8 Å². The van der Waals surface area contributed by atoms with Crippen LogP contribution in [0.5, 0.6) is 5.75 Å². The van der Waals surface area contributed by atoms with Crippen LogP contribution in [0.4, 0.5) is 0 Å². The molecule has 0 radical (unpaired) electrons. The van der Waals surface area contributed by atoms with Crippen LogP contribution in [0.25, 0.3) is 0 Å². The molecule has 2 amide bonds. The van der Waals surface area contributed by atoms with E-state index in [1.54, 1.807) is 7.11 Å². The third kappa shape index (κ3) is 6.23. The van der Waals surface area contributed by atoms with Crippen LogP contribution in [0.1, 0.15) is 38.2 Å². The van der Waals surface area contributed by atoms with Gasteiger partial charge in [0, 0.05) is 32.0 Å². The molecule has 1 aromatic rings. The molecule has 154 valence electrons. The lowest BCUT2D eigenvalue weighted by Gasteiger charge is -2.32. The molecule has 1 aliphatic carbocycles. The molecule has 3 rings (SSSR count). The molecule has 0 aromatic heterocycles. The lowest BCUT2D eigenvalue weighted by Crippen LogP contribution is -2.39. The van der Waals surface area contributed by atoms with Crippen molar-refractivity contribution >= 4 is 11.8 Å². The van der Waals surface area contributed by atoms with Gasteiger partial charge >= 0.3 is 0 Å². The zero-order valence-electron chi connectivity index (χ0n) is 17.1. The Hall–Kier alpha value is -2.08. The SMILES string of the molecule is COc1ccc(CN2CCC(CNC(=O)CCNC(=O)C3CC3C)CC2)cc1. The number of benzene rings is 1. The van der Waals surface area contributed by atoms with E-state index in [0.29, 0.717) is 24.8 Å². The number of methoxy groups -OCH3 is 1. The van der Waals surface area contributed by atoms with Crippen LogP contribution in [0.2, 0.25) is 0 Å². The Morgan fingerprint density at radius 3 is 2.43 bits per heavy atom. The Morgan fingerprint density at radius 1 is 1.14 bits per heavy atom. The maximum absolute atomic E-state index is 12.0. The number of carbonyl (C=O) groups is 2. The highest BCUT2D eigenvalue weighted by Gasteiger charge is 2.38. The standard InChI is InChI=1S/C22H33N3O3/c1-16-13-20(16)22(27)23-10-7-21(26)24-14-17-8-11-25(12-9-17)15-18-3-5-19(28-2)6-4-18/h3-6,16-17,20H,7-15H2,1-2H3,(H,23,27)(H,24,26). The number of carbonyl (C=O) groups excluding carboxylic acids is 2. The van der Waals surface area contributed by atoms with Crippen molar-refractivity contribution in [3.05, 3.63) is 29.8 Å². The van der Waals surface area contributed by atoms with Crippen LogP contribution >= 0.6 is 0 Å². The number of nitrogens with zero attached hydrogens (tertiary/aromatic N) is 1. The number of rotatable bonds is 9. The first kappa shape index (κ1) is 20.6. The van der Waals surface area contributed by atoms with Gasteiger partial charge in [-0.2, -0.15) is 0 Å². The van der Waals surface area contributed by atoms with E-state index in [1.165, 1.54) is 5.56 Å². The number of hydrogen-bond donors (Lipinski definition) is 2. The Balaban J connectivity index is 1.26. The van der Waals surface area contributed by atoms with E-state index >= 15 is 0 Å². The molecule has 2 aliphatic rings. The normalized spacial score (nSPS) is 22.5. The monoisotopic (exact) mass is 387 g/mol. The molecule has 2 fully saturated rings.